The Balaban J connectivity index is 2.68. The Morgan fingerprint density at radius 2 is 1.52 bits per heavy atom. The van der Waals surface area contributed by atoms with Crippen molar-refractivity contribution in [1.29, 1.82) is 0 Å². The lowest BCUT2D eigenvalue weighted by Gasteiger charge is -2.29. The molecule has 0 aliphatic carbocycles. The van der Waals surface area contributed by atoms with Crippen molar-refractivity contribution in [3.63, 3.8) is 0 Å². The Morgan fingerprint density at radius 3 is 1.96 bits per heavy atom. The van der Waals surface area contributed by atoms with Crippen LogP contribution in [0, 0.1) is 5.41 Å². The van der Waals surface area contributed by atoms with Gasteiger partial charge in [-0.15, -0.1) is 0 Å². The molecule has 1 unspecified atom stereocenters. The van der Waals surface area contributed by atoms with Crippen molar-refractivity contribution in [3.8, 4) is 0 Å². The molecule has 0 fully saturated rings. The van der Waals surface area contributed by atoms with Gasteiger partial charge < -0.3 is 9.47 Å². The van der Waals surface area contributed by atoms with Crippen LogP contribution in [0.5, 0.6) is 0 Å². The van der Waals surface area contributed by atoms with Crippen LogP contribution in [0.1, 0.15) is 74.6 Å². The Hall–Kier alpha value is -1.84. The lowest BCUT2D eigenvalue weighted by atomic mass is 9.87. The van der Waals surface area contributed by atoms with Crippen molar-refractivity contribution in [2.45, 2.75) is 60.0 Å². The van der Waals surface area contributed by atoms with Crippen molar-refractivity contribution in [2.24, 2.45) is 5.41 Å². The Morgan fingerprint density at radius 1 is 1.00 bits per heavy atom. The third-order valence-electron chi connectivity index (χ3n) is 3.67. The second-order valence-electron chi connectivity index (χ2n) is 6.74. The molecule has 0 heterocycles. The maximum Gasteiger partial charge on any atom is 0.338 e. The highest BCUT2D eigenvalue weighted by molar-refractivity contribution is 5.93. The van der Waals surface area contributed by atoms with Crippen LogP contribution < -0.4 is 0 Å². The van der Waals surface area contributed by atoms with Gasteiger partial charge in [0.25, 0.3) is 0 Å². The van der Waals surface area contributed by atoms with E-state index >= 15 is 0 Å². The SMILES string of the molecule is CCCCOC(=O)c1ccc(C(=O)OC(CC)C(C)(C)C)cc1. The first kappa shape index (κ1) is 19.2. The van der Waals surface area contributed by atoms with Crippen molar-refractivity contribution in [1.82, 2.24) is 0 Å². The summed E-state index contributed by atoms with van der Waals surface area (Å²) in [7, 11) is 0. The molecule has 1 aromatic rings. The lowest BCUT2D eigenvalue weighted by molar-refractivity contribution is -0.00406. The molecule has 0 N–H and O–H groups in total. The van der Waals surface area contributed by atoms with Crippen LogP contribution in [0.3, 0.4) is 0 Å². The number of hydrogen-bond donors (Lipinski definition) is 0. The first-order valence-corrected chi connectivity index (χ1v) is 8.27. The monoisotopic (exact) mass is 320 g/mol. The van der Waals surface area contributed by atoms with Crippen LogP contribution in [-0.4, -0.2) is 24.6 Å². The minimum Gasteiger partial charge on any atom is -0.462 e. The Kier molecular flexibility index (Phi) is 7.27. The number of benzene rings is 1. The molecular weight excluding hydrogens is 292 g/mol. The van der Waals surface area contributed by atoms with E-state index in [-0.39, 0.29) is 23.5 Å². The number of rotatable bonds is 7. The number of carbonyl (C=O) groups excluding carboxylic acids is 2. The zero-order valence-corrected chi connectivity index (χ0v) is 14.8. The molecule has 1 aromatic carbocycles. The molecule has 0 radical (unpaired) electrons. The molecule has 0 saturated heterocycles. The fourth-order valence-electron chi connectivity index (χ4n) is 2.20. The van der Waals surface area contributed by atoms with Crippen molar-refractivity contribution in [2.75, 3.05) is 6.61 Å². The average Bonchev–Trinajstić information content (AvgIpc) is 2.51. The van der Waals surface area contributed by atoms with E-state index in [1.807, 2.05) is 34.6 Å². The molecule has 0 bridgehead atoms. The van der Waals surface area contributed by atoms with Crippen LogP contribution in [0.4, 0.5) is 0 Å². The van der Waals surface area contributed by atoms with Crippen LogP contribution in [-0.2, 0) is 9.47 Å². The zero-order chi connectivity index (χ0) is 17.5. The highest BCUT2D eigenvalue weighted by Crippen LogP contribution is 2.25. The molecular formula is C19H28O4. The molecule has 128 valence electrons. The predicted octanol–water partition coefficient (Wildman–Crippen LogP) is 4.63. The summed E-state index contributed by atoms with van der Waals surface area (Å²) in [6.45, 7) is 10.6. The largest absolute Gasteiger partial charge is 0.462 e. The number of unbranched alkanes of at least 4 members (excludes halogenated alkanes) is 1. The molecule has 0 aliphatic heterocycles. The minimum absolute atomic E-state index is 0.104. The van der Waals surface area contributed by atoms with E-state index in [2.05, 4.69) is 0 Å². The Bertz CT molecular complexity index is 511. The number of esters is 2. The Labute approximate surface area is 139 Å². The number of ether oxygens (including phenoxy) is 2. The molecule has 1 atom stereocenters. The molecule has 0 saturated carbocycles. The molecule has 0 spiro atoms. The number of hydrogen-bond acceptors (Lipinski definition) is 4. The molecule has 4 heteroatoms. The molecule has 23 heavy (non-hydrogen) atoms. The molecule has 4 nitrogen and oxygen atoms in total. The van der Waals surface area contributed by atoms with Crippen LogP contribution in [0.15, 0.2) is 24.3 Å². The van der Waals surface area contributed by atoms with Crippen LogP contribution in [0.25, 0.3) is 0 Å². The second-order valence-corrected chi connectivity index (χ2v) is 6.74. The fourth-order valence-corrected chi connectivity index (χ4v) is 2.20. The van der Waals surface area contributed by atoms with Gasteiger partial charge in [0.2, 0.25) is 0 Å². The smallest absolute Gasteiger partial charge is 0.338 e. The third kappa shape index (κ3) is 6.05. The van der Waals surface area contributed by atoms with E-state index in [4.69, 9.17) is 9.47 Å². The lowest BCUT2D eigenvalue weighted by Crippen LogP contribution is -2.31. The van der Waals surface area contributed by atoms with Crippen LogP contribution in [0.2, 0.25) is 0 Å². The summed E-state index contributed by atoms with van der Waals surface area (Å²) < 4.78 is 10.7. The number of carbonyl (C=O) groups is 2. The van der Waals surface area contributed by atoms with Gasteiger partial charge in [0.15, 0.2) is 0 Å². The van der Waals surface area contributed by atoms with Gasteiger partial charge in [0.05, 0.1) is 17.7 Å². The summed E-state index contributed by atoms with van der Waals surface area (Å²) in [6, 6.07) is 6.41. The van der Waals surface area contributed by atoms with E-state index in [0.29, 0.717) is 17.7 Å². The van der Waals surface area contributed by atoms with Crippen molar-refractivity contribution >= 4 is 11.9 Å². The third-order valence-corrected chi connectivity index (χ3v) is 3.67. The molecule has 0 amide bonds. The van der Waals surface area contributed by atoms with Crippen LogP contribution >= 0.6 is 0 Å². The maximum absolute atomic E-state index is 12.2. The van der Waals surface area contributed by atoms with Crippen molar-refractivity contribution < 1.29 is 19.1 Å². The minimum atomic E-state index is -0.363. The van der Waals surface area contributed by atoms with Crippen molar-refractivity contribution in [3.05, 3.63) is 35.4 Å². The predicted molar refractivity (Wildman–Crippen MR) is 90.6 cm³/mol. The first-order valence-electron chi connectivity index (χ1n) is 8.27. The van der Waals surface area contributed by atoms with Gasteiger partial charge in [0, 0.05) is 0 Å². The summed E-state index contributed by atoms with van der Waals surface area (Å²) in [5, 5.41) is 0. The zero-order valence-electron chi connectivity index (χ0n) is 14.8. The molecule has 1 rings (SSSR count). The highest BCUT2D eigenvalue weighted by Gasteiger charge is 2.27. The van der Waals surface area contributed by atoms with Gasteiger partial charge in [-0.05, 0) is 42.5 Å². The molecule has 0 aliphatic rings. The summed E-state index contributed by atoms with van der Waals surface area (Å²) in [6.07, 6.45) is 2.44. The topological polar surface area (TPSA) is 52.6 Å². The summed E-state index contributed by atoms with van der Waals surface area (Å²) in [5.74, 6) is -0.725. The van der Waals surface area contributed by atoms with E-state index < -0.39 is 0 Å². The first-order chi connectivity index (χ1) is 10.8. The maximum atomic E-state index is 12.2. The summed E-state index contributed by atoms with van der Waals surface area (Å²) in [5.41, 5.74) is 0.784. The fraction of sp³-hybridized carbons (Fsp3) is 0.579. The van der Waals surface area contributed by atoms with E-state index in [1.165, 1.54) is 0 Å². The quantitative estimate of drug-likeness (QED) is 0.543. The summed E-state index contributed by atoms with van der Waals surface area (Å²) >= 11 is 0. The van der Waals surface area contributed by atoms with Gasteiger partial charge in [-0.1, -0.05) is 41.0 Å². The van der Waals surface area contributed by atoms with E-state index in [0.717, 1.165) is 19.3 Å². The standard InChI is InChI=1S/C19H28O4/c1-6-8-13-22-17(20)14-9-11-15(12-10-14)18(21)23-16(7-2)19(3,4)5/h9-12,16H,6-8,13H2,1-5H3. The van der Waals surface area contributed by atoms with Gasteiger partial charge in [-0.3, -0.25) is 0 Å². The van der Waals surface area contributed by atoms with Gasteiger partial charge in [-0.25, -0.2) is 9.59 Å². The van der Waals surface area contributed by atoms with Gasteiger partial charge in [0.1, 0.15) is 6.10 Å². The van der Waals surface area contributed by atoms with E-state index in [9.17, 15) is 9.59 Å². The average molecular weight is 320 g/mol. The summed E-state index contributed by atoms with van der Waals surface area (Å²) in [4.78, 5) is 24.0. The molecule has 0 aromatic heterocycles. The van der Waals surface area contributed by atoms with Gasteiger partial charge >= 0.3 is 11.9 Å². The second kappa shape index (κ2) is 8.70. The van der Waals surface area contributed by atoms with Gasteiger partial charge in [-0.2, -0.15) is 0 Å². The normalized spacial score (nSPS) is 12.6. The van der Waals surface area contributed by atoms with E-state index in [1.54, 1.807) is 24.3 Å². The highest BCUT2D eigenvalue weighted by atomic mass is 16.5.